The monoisotopic (exact) mass is 481 g/mol. The first-order valence-corrected chi connectivity index (χ1v) is 12.0. The lowest BCUT2D eigenvalue weighted by Gasteiger charge is -2.31. The van der Waals surface area contributed by atoms with E-state index in [0.717, 1.165) is 5.56 Å². The van der Waals surface area contributed by atoms with Gasteiger partial charge in [0.1, 0.15) is 18.7 Å². The molecule has 0 spiro atoms. The van der Waals surface area contributed by atoms with Gasteiger partial charge >= 0.3 is 12.1 Å². The SMILES string of the molecule is COC(=O)N[C@@H](CCSC)C(=O)N[C@@H](CC(=O)OCc1ccccc1)C(=O)N1CCOCC1. The quantitative estimate of drug-likeness (QED) is 0.448. The van der Waals surface area contributed by atoms with E-state index in [2.05, 4.69) is 15.4 Å². The second kappa shape index (κ2) is 14.4. The molecule has 0 radical (unpaired) electrons. The van der Waals surface area contributed by atoms with E-state index in [1.165, 1.54) is 18.9 Å². The summed E-state index contributed by atoms with van der Waals surface area (Å²) in [7, 11) is 1.20. The van der Waals surface area contributed by atoms with Gasteiger partial charge in [0, 0.05) is 13.1 Å². The minimum Gasteiger partial charge on any atom is -0.461 e. The van der Waals surface area contributed by atoms with Crippen LogP contribution in [0.5, 0.6) is 0 Å². The number of thioether (sulfide) groups is 1. The number of ether oxygens (including phenoxy) is 3. The van der Waals surface area contributed by atoms with Gasteiger partial charge in [0.25, 0.3) is 0 Å². The highest BCUT2D eigenvalue weighted by molar-refractivity contribution is 7.98. The number of carbonyl (C=O) groups excluding carboxylic acids is 4. The molecule has 1 fully saturated rings. The minimum absolute atomic E-state index is 0.0618. The standard InChI is InChI=1S/C22H31N3O7S/c1-30-22(29)24-17(8-13-33-2)20(27)23-18(21(28)25-9-11-31-12-10-25)14-19(26)32-15-16-6-4-3-5-7-16/h3-7,17-18H,8-15H2,1-2H3,(H,23,27)(H,24,29)/t17-,18-/m0/s1. The Morgan fingerprint density at radius 1 is 1.09 bits per heavy atom. The van der Waals surface area contributed by atoms with Crippen molar-refractivity contribution in [3.05, 3.63) is 35.9 Å². The number of morpholine rings is 1. The largest absolute Gasteiger partial charge is 0.461 e. The maximum atomic E-state index is 13.1. The van der Waals surface area contributed by atoms with Crippen molar-refractivity contribution in [3.63, 3.8) is 0 Å². The number of nitrogens with zero attached hydrogens (tertiary/aromatic N) is 1. The predicted octanol–water partition coefficient (Wildman–Crippen LogP) is 0.941. The van der Waals surface area contributed by atoms with Gasteiger partial charge in [-0.1, -0.05) is 30.3 Å². The fourth-order valence-corrected chi connectivity index (χ4v) is 3.62. The molecule has 0 aromatic heterocycles. The molecule has 2 N–H and O–H groups in total. The van der Waals surface area contributed by atoms with E-state index in [4.69, 9.17) is 9.47 Å². The Labute approximate surface area is 197 Å². The molecule has 182 valence electrons. The van der Waals surface area contributed by atoms with E-state index < -0.39 is 36.0 Å². The van der Waals surface area contributed by atoms with E-state index in [-0.39, 0.29) is 13.0 Å². The Morgan fingerprint density at radius 2 is 1.79 bits per heavy atom. The third kappa shape index (κ3) is 9.30. The Hall–Kier alpha value is -2.79. The topological polar surface area (TPSA) is 123 Å². The van der Waals surface area contributed by atoms with Crippen molar-refractivity contribution in [3.8, 4) is 0 Å². The van der Waals surface area contributed by atoms with Crippen molar-refractivity contribution in [1.29, 1.82) is 0 Å². The molecule has 0 saturated carbocycles. The van der Waals surface area contributed by atoms with Crippen molar-refractivity contribution in [2.45, 2.75) is 31.5 Å². The molecule has 2 rings (SSSR count). The molecule has 1 saturated heterocycles. The molecular formula is C22H31N3O7S. The Kier molecular flexibility index (Phi) is 11.5. The molecular weight excluding hydrogens is 450 g/mol. The average molecular weight is 482 g/mol. The Balaban J connectivity index is 2.07. The van der Waals surface area contributed by atoms with Crippen molar-refractivity contribution >= 4 is 35.6 Å². The van der Waals surface area contributed by atoms with Crippen LogP contribution in [0, 0.1) is 0 Å². The molecule has 10 nitrogen and oxygen atoms in total. The molecule has 0 unspecified atom stereocenters. The van der Waals surface area contributed by atoms with Crippen molar-refractivity contribution in [1.82, 2.24) is 15.5 Å². The van der Waals surface area contributed by atoms with Crippen LogP contribution in [0.1, 0.15) is 18.4 Å². The van der Waals surface area contributed by atoms with Gasteiger partial charge in [0.2, 0.25) is 11.8 Å². The smallest absolute Gasteiger partial charge is 0.407 e. The maximum Gasteiger partial charge on any atom is 0.407 e. The second-order valence-corrected chi connectivity index (χ2v) is 8.30. The number of alkyl carbamates (subject to hydrolysis) is 1. The van der Waals surface area contributed by atoms with Crippen LogP contribution in [0.3, 0.4) is 0 Å². The van der Waals surface area contributed by atoms with Crippen LogP contribution >= 0.6 is 11.8 Å². The summed E-state index contributed by atoms with van der Waals surface area (Å²) in [6.45, 7) is 1.55. The van der Waals surface area contributed by atoms with Crippen LogP contribution in [-0.4, -0.2) is 86.3 Å². The molecule has 2 atom stereocenters. The first-order chi connectivity index (χ1) is 15.9. The van der Waals surface area contributed by atoms with Gasteiger partial charge in [-0.15, -0.1) is 0 Å². The van der Waals surface area contributed by atoms with Crippen LogP contribution in [0.2, 0.25) is 0 Å². The van der Waals surface area contributed by atoms with E-state index in [1.54, 1.807) is 4.90 Å². The number of rotatable bonds is 11. The number of amides is 3. The number of benzene rings is 1. The predicted molar refractivity (Wildman–Crippen MR) is 123 cm³/mol. The van der Waals surface area contributed by atoms with E-state index >= 15 is 0 Å². The summed E-state index contributed by atoms with van der Waals surface area (Å²) >= 11 is 1.51. The second-order valence-electron chi connectivity index (χ2n) is 7.32. The average Bonchev–Trinajstić information content (AvgIpc) is 2.85. The Morgan fingerprint density at radius 3 is 2.42 bits per heavy atom. The van der Waals surface area contributed by atoms with E-state index in [9.17, 15) is 19.2 Å². The van der Waals surface area contributed by atoms with Gasteiger partial charge in [-0.25, -0.2) is 4.79 Å². The lowest BCUT2D eigenvalue weighted by atomic mass is 10.1. The van der Waals surface area contributed by atoms with Crippen LogP contribution in [-0.2, 0) is 35.2 Å². The molecule has 33 heavy (non-hydrogen) atoms. The molecule has 3 amide bonds. The number of carbonyl (C=O) groups is 4. The van der Waals surface area contributed by atoms with Gasteiger partial charge in [-0.2, -0.15) is 11.8 Å². The molecule has 1 aliphatic rings. The highest BCUT2D eigenvalue weighted by Gasteiger charge is 2.32. The zero-order chi connectivity index (χ0) is 24.1. The minimum atomic E-state index is -1.13. The summed E-state index contributed by atoms with van der Waals surface area (Å²) in [4.78, 5) is 51.7. The molecule has 0 aliphatic carbocycles. The summed E-state index contributed by atoms with van der Waals surface area (Å²) in [6, 6.07) is 7.11. The van der Waals surface area contributed by atoms with Gasteiger partial charge in [-0.05, 0) is 24.0 Å². The first kappa shape index (κ1) is 26.5. The zero-order valence-electron chi connectivity index (χ0n) is 18.9. The zero-order valence-corrected chi connectivity index (χ0v) is 19.7. The number of hydrogen-bond acceptors (Lipinski definition) is 8. The summed E-state index contributed by atoms with van der Waals surface area (Å²) < 4.78 is 15.2. The van der Waals surface area contributed by atoms with Gasteiger partial charge < -0.3 is 29.7 Å². The number of methoxy groups -OCH3 is 1. The third-order valence-electron chi connectivity index (χ3n) is 4.96. The highest BCUT2D eigenvalue weighted by atomic mass is 32.2. The lowest BCUT2D eigenvalue weighted by Crippen LogP contribution is -2.56. The lowest BCUT2D eigenvalue weighted by molar-refractivity contribution is -0.150. The third-order valence-corrected chi connectivity index (χ3v) is 5.60. The highest BCUT2D eigenvalue weighted by Crippen LogP contribution is 2.09. The normalized spacial score (nSPS) is 15.2. The van der Waals surface area contributed by atoms with Crippen LogP contribution < -0.4 is 10.6 Å². The number of hydrogen-bond donors (Lipinski definition) is 2. The van der Waals surface area contributed by atoms with Gasteiger partial charge in [0.15, 0.2) is 0 Å². The van der Waals surface area contributed by atoms with Crippen LogP contribution in [0.15, 0.2) is 30.3 Å². The molecule has 1 aromatic rings. The molecule has 1 aliphatic heterocycles. The molecule has 11 heteroatoms. The Bertz CT molecular complexity index is 787. The fraction of sp³-hybridized carbons (Fsp3) is 0.545. The van der Waals surface area contributed by atoms with Crippen LogP contribution in [0.25, 0.3) is 0 Å². The first-order valence-electron chi connectivity index (χ1n) is 10.6. The fourth-order valence-electron chi connectivity index (χ4n) is 3.15. The maximum absolute atomic E-state index is 13.1. The van der Waals surface area contributed by atoms with Gasteiger partial charge in [-0.3, -0.25) is 14.4 Å². The molecule has 1 aromatic carbocycles. The van der Waals surface area contributed by atoms with Crippen LogP contribution in [0.4, 0.5) is 4.79 Å². The molecule has 0 bridgehead atoms. The van der Waals surface area contributed by atoms with Crippen molar-refractivity contribution in [2.24, 2.45) is 0 Å². The van der Waals surface area contributed by atoms with Crippen molar-refractivity contribution < 1.29 is 33.4 Å². The summed E-state index contributed by atoms with van der Waals surface area (Å²) in [5.41, 5.74) is 0.811. The number of nitrogens with one attached hydrogen (secondary N) is 2. The van der Waals surface area contributed by atoms with E-state index in [1.807, 2.05) is 36.6 Å². The number of esters is 1. The van der Waals surface area contributed by atoms with E-state index in [0.29, 0.717) is 38.5 Å². The van der Waals surface area contributed by atoms with Gasteiger partial charge in [0.05, 0.1) is 26.7 Å². The summed E-state index contributed by atoms with van der Waals surface area (Å²) in [5, 5.41) is 5.11. The molecule has 1 heterocycles. The summed E-state index contributed by atoms with van der Waals surface area (Å²) in [6.07, 6.45) is 1.12. The summed E-state index contributed by atoms with van der Waals surface area (Å²) in [5.74, 6) is -0.988. The van der Waals surface area contributed by atoms with Crippen molar-refractivity contribution in [2.75, 3.05) is 45.4 Å².